The summed E-state index contributed by atoms with van der Waals surface area (Å²) in [6.07, 6.45) is 3.63. The first-order valence-electron chi connectivity index (χ1n) is 6.99. The molecule has 0 bridgehead atoms. The van der Waals surface area contributed by atoms with Gasteiger partial charge in [-0.05, 0) is 38.3 Å². The SMILES string of the molecule is Cc1nc2ccccc2nc1N1CCCCC1CN. The standard InChI is InChI=1S/C15H20N4/c1-11-15(19-9-5-4-6-12(19)10-16)18-14-8-3-2-7-13(14)17-11/h2-3,7-8,12H,4-6,9-10,16H2,1H3. The van der Waals surface area contributed by atoms with Gasteiger partial charge in [-0.25, -0.2) is 9.97 Å². The van der Waals surface area contributed by atoms with E-state index in [9.17, 15) is 0 Å². The lowest BCUT2D eigenvalue weighted by atomic mass is 10.0. The van der Waals surface area contributed by atoms with Crippen molar-refractivity contribution in [1.82, 2.24) is 9.97 Å². The Morgan fingerprint density at radius 3 is 2.68 bits per heavy atom. The minimum Gasteiger partial charge on any atom is -0.351 e. The normalized spacial score (nSPS) is 19.9. The van der Waals surface area contributed by atoms with Crippen LogP contribution in [0.1, 0.15) is 25.0 Å². The van der Waals surface area contributed by atoms with Gasteiger partial charge in [0.2, 0.25) is 0 Å². The topological polar surface area (TPSA) is 55.0 Å². The Morgan fingerprint density at radius 1 is 1.21 bits per heavy atom. The number of para-hydroxylation sites is 2. The second-order valence-corrected chi connectivity index (χ2v) is 5.20. The molecule has 1 aliphatic heterocycles. The largest absolute Gasteiger partial charge is 0.351 e. The molecule has 2 aromatic rings. The summed E-state index contributed by atoms with van der Waals surface area (Å²) < 4.78 is 0. The van der Waals surface area contributed by atoms with E-state index in [1.165, 1.54) is 12.8 Å². The Balaban J connectivity index is 2.05. The van der Waals surface area contributed by atoms with E-state index < -0.39 is 0 Å². The van der Waals surface area contributed by atoms with E-state index in [0.717, 1.165) is 35.5 Å². The third-order valence-electron chi connectivity index (χ3n) is 3.89. The lowest BCUT2D eigenvalue weighted by molar-refractivity contribution is 0.461. The number of piperidine rings is 1. The van der Waals surface area contributed by atoms with Gasteiger partial charge in [0.25, 0.3) is 0 Å². The van der Waals surface area contributed by atoms with Crippen molar-refractivity contribution in [2.24, 2.45) is 5.73 Å². The van der Waals surface area contributed by atoms with Gasteiger partial charge < -0.3 is 10.6 Å². The van der Waals surface area contributed by atoms with E-state index in [1.54, 1.807) is 0 Å². The van der Waals surface area contributed by atoms with Crippen molar-refractivity contribution in [3.05, 3.63) is 30.0 Å². The maximum absolute atomic E-state index is 5.90. The molecule has 1 aromatic carbocycles. The van der Waals surface area contributed by atoms with Crippen LogP contribution in [0.15, 0.2) is 24.3 Å². The van der Waals surface area contributed by atoms with Crippen molar-refractivity contribution in [3.63, 3.8) is 0 Å². The van der Waals surface area contributed by atoms with Gasteiger partial charge in [-0.15, -0.1) is 0 Å². The third-order valence-corrected chi connectivity index (χ3v) is 3.89. The molecule has 0 saturated carbocycles. The average Bonchev–Trinajstić information content (AvgIpc) is 2.46. The molecule has 0 amide bonds. The summed E-state index contributed by atoms with van der Waals surface area (Å²) in [5, 5.41) is 0. The first kappa shape index (κ1) is 12.4. The van der Waals surface area contributed by atoms with Gasteiger partial charge in [-0.2, -0.15) is 0 Å². The van der Waals surface area contributed by atoms with Crippen LogP contribution in [0.4, 0.5) is 5.82 Å². The van der Waals surface area contributed by atoms with Gasteiger partial charge in [0.1, 0.15) is 0 Å². The molecule has 1 aromatic heterocycles. The molecular formula is C15H20N4. The molecule has 3 rings (SSSR count). The van der Waals surface area contributed by atoms with Crippen LogP contribution < -0.4 is 10.6 Å². The fourth-order valence-corrected chi connectivity index (χ4v) is 2.88. The van der Waals surface area contributed by atoms with Crippen LogP contribution >= 0.6 is 0 Å². The van der Waals surface area contributed by atoms with Gasteiger partial charge in [-0.1, -0.05) is 12.1 Å². The average molecular weight is 256 g/mol. The molecule has 1 saturated heterocycles. The summed E-state index contributed by atoms with van der Waals surface area (Å²) in [5.74, 6) is 1.01. The van der Waals surface area contributed by atoms with Gasteiger partial charge in [0, 0.05) is 19.1 Å². The number of aromatic nitrogens is 2. The number of nitrogens with zero attached hydrogens (tertiary/aromatic N) is 3. The maximum Gasteiger partial charge on any atom is 0.151 e. The highest BCUT2D eigenvalue weighted by Gasteiger charge is 2.24. The molecule has 19 heavy (non-hydrogen) atoms. The summed E-state index contributed by atoms with van der Waals surface area (Å²) in [6, 6.07) is 8.44. The molecule has 0 spiro atoms. The summed E-state index contributed by atoms with van der Waals surface area (Å²) in [6.45, 7) is 3.76. The molecule has 2 heterocycles. The summed E-state index contributed by atoms with van der Waals surface area (Å²) in [7, 11) is 0. The highest BCUT2D eigenvalue weighted by molar-refractivity contribution is 5.76. The Bertz CT molecular complexity index is 581. The molecule has 1 fully saturated rings. The van der Waals surface area contributed by atoms with E-state index in [-0.39, 0.29) is 0 Å². The van der Waals surface area contributed by atoms with Crippen LogP contribution in [-0.2, 0) is 0 Å². The number of nitrogens with two attached hydrogens (primary N) is 1. The smallest absolute Gasteiger partial charge is 0.151 e. The third kappa shape index (κ3) is 2.28. The van der Waals surface area contributed by atoms with Crippen LogP contribution in [0.2, 0.25) is 0 Å². The number of anilines is 1. The van der Waals surface area contributed by atoms with Gasteiger partial charge >= 0.3 is 0 Å². The minimum absolute atomic E-state index is 0.405. The lowest BCUT2D eigenvalue weighted by Crippen LogP contribution is -2.45. The van der Waals surface area contributed by atoms with Gasteiger partial charge in [-0.3, -0.25) is 0 Å². The Labute approximate surface area is 113 Å². The number of hydrogen-bond acceptors (Lipinski definition) is 4. The summed E-state index contributed by atoms with van der Waals surface area (Å²) in [5.41, 5.74) is 8.83. The molecule has 1 aliphatic rings. The number of hydrogen-bond donors (Lipinski definition) is 1. The second-order valence-electron chi connectivity index (χ2n) is 5.20. The molecule has 1 unspecified atom stereocenters. The molecule has 2 N–H and O–H groups in total. The predicted octanol–water partition coefficient (Wildman–Crippen LogP) is 2.26. The van der Waals surface area contributed by atoms with Crippen molar-refractivity contribution in [1.29, 1.82) is 0 Å². The van der Waals surface area contributed by atoms with E-state index >= 15 is 0 Å². The van der Waals surface area contributed by atoms with E-state index in [4.69, 9.17) is 10.7 Å². The predicted molar refractivity (Wildman–Crippen MR) is 78.3 cm³/mol. The Morgan fingerprint density at radius 2 is 1.95 bits per heavy atom. The zero-order valence-corrected chi connectivity index (χ0v) is 11.3. The minimum atomic E-state index is 0.405. The fraction of sp³-hybridized carbons (Fsp3) is 0.467. The maximum atomic E-state index is 5.90. The van der Waals surface area contributed by atoms with Crippen LogP contribution in [-0.4, -0.2) is 29.1 Å². The highest BCUT2D eigenvalue weighted by atomic mass is 15.2. The van der Waals surface area contributed by atoms with Crippen molar-refractivity contribution in [2.75, 3.05) is 18.0 Å². The first-order chi connectivity index (χ1) is 9.29. The first-order valence-corrected chi connectivity index (χ1v) is 6.99. The quantitative estimate of drug-likeness (QED) is 0.895. The number of fused-ring (bicyclic) bond motifs is 1. The zero-order chi connectivity index (χ0) is 13.2. The molecule has 4 nitrogen and oxygen atoms in total. The molecule has 4 heteroatoms. The number of rotatable bonds is 2. The van der Waals surface area contributed by atoms with Gasteiger partial charge in [0.15, 0.2) is 5.82 Å². The Hall–Kier alpha value is -1.68. The monoisotopic (exact) mass is 256 g/mol. The summed E-state index contributed by atoms with van der Waals surface area (Å²) >= 11 is 0. The highest BCUT2D eigenvalue weighted by Crippen LogP contribution is 2.26. The zero-order valence-electron chi connectivity index (χ0n) is 11.3. The van der Waals surface area contributed by atoms with E-state index in [2.05, 4.69) is 9.88 Å². The fourth-order valence-electron chi connectivity index (χ4n) is 2.88. The Kier molecular flexibility index (Phi) is 3.34. The lowest BCUT2D eigenvalue weighted by Gasteiger charge is -2.36. The van der Waals surface area contributed by atoms with Crippen molar-refractivity contribution in [2.45, 2.75) is 32.2 Å². The van der Waals surface area contributed by atoms with E-state index in [0.29, 0.717) is 12.6 Å². The van der Waals surface area contributed by atoms with Crippen LogP contribution in [0.25, 0.3) is 11.0 Å². The summed E-state index contributed by atoms with van der Waals surface area (Å²) in [4.78, 5) is 11.8. The molecule has 0 aliphatic carbocycles. The van der Waals surface area contributed by atoms with Crippen LogP contribution in [0, 0.1) is 6.92 Å². The second kappa shape index (κ2) is 5.13. The number of benzene rings is 1. The van der Waals surface area contributed by atoms with Crippen molar-refractivity contribution >= 4 is 16.9 Å². The van der Waals surface area contributed by atoms with E-state index in [1.807, 2.05) is 31.2 Å². The molecule has 100 valence electrons. The van der Waals surface area contributed by atoms with Crippen molar-refractivity contribution in [3.8, 4) is 0 Å². The van der Waals surface area contributed by atoms with Crippen LogP contribution in [0.3, 0.4) is 0 Å². The molecule has 0 radical (unpaired) electrons. The van der Waals surface area contributed by atoms with Gasteiger partial charge in [0.05, 0.1) is 16.7 Å². The van der Waals surface area contributed by atoms with Crippen molar-refractivity contribution < 1.29 is 0 Å². The number of aryl methyl sites for hydroxylation is 1. The molecular weight excluding hydrogens is 236 g/mol. The molecule has 1 atom stereocenters. The van der Waals surface area contributed by atoms with Crippen LogP contribution in [0.5, 0.6) is 0 Å².